The number of rotatable bonds is 9. The number of fused-ring (bicyclic) bond motifs is 1. The predicted molar refractivity (Wildman–Crippen MR) is 146 cm³/mol. The minimum absolute atomic E-state index is 0.0791. The lowest BCUT2D eigenvalue weighted by atomic mass is 9.94. The van der Waals surface area contributed by atoms with Gasteiger partial charge in [-0.15, -0.1) is 0 Å². The average Bonchev–Trinajstić information content (AvgIpc) is 3.58. The molecular formula is C28H29N4O7S+. The Morgan fingerprint density at radius 3 is 2.58 bits per heavy atom. The number of hydrogen-bond acceptors (Lipinski definition) is 9. The number of amides is 4. The van der Waals surface area contributed by atoms with Crippen LogP contribution in [0, 0.1) is 0 Å². The third-order valence-electron chi connectivity index (χ3n) is 7.14. The number of carbonyl (C=O) groups is 4. The highest BCUT2D eigenvalue weighted by Gasteiger charge is 2.56. The van der Waals surface area contributed by atoms with Crippen molar-refractivity contribution in [3.63, 3.8) is 0 Å². The number of esters is 1. The number of para-hydroxylation sites is 1. The number of hydrogen-bond donors (Lipinski definition) is 1. The van der Waals surface area contributed by atoms with Crippen LogP contribution in [0.5, 0.6) is 5.75 Å². The van der Waals surface area contributed by atoms with Gasteiger partial charge in [0, 0.05) is 43.6 Å². The fraction of sp³-hybridized carbons (Fsp3) is 0.321. The zero-order chi connectivity index (χ0) is 28.4. The van der Waals surface area contributed by atoms with Crippen molar-refractivity contribution in [2.45, 2.75) is 24.9 Å². The molecule has 3 aromatic rings. The molecule has 2 aliphatic rings. The van der Waals surface area contributed by atoms with Gasteiger partial charge in [0.15, 0.2) is 17.4 Å². The first-order chi connectivity index (χ1) is 19.3. The smallest absolute Gasteiger partial charge is 0.357 e. The van der Waals surface area contributed by atoms with Crippen LogP contribution in [-0.2, 0) is 25.5 Å². The normalized spacial score (nSPS) is 22.2. The Balaban J connectivity index is 1.43. The number of thiazole rings is 1. The maximum atomic E-state index is 14.2. The number of carbonyl (C=O) groups excluding carboxylic acids is 4. The summed E-state index contributed by atoms with van der Waals surface area (Å²) >= 11 is 1.14. The largest absolute Gasteiger partial charge is 0.494 e. The van der Waals surface area contributed by atoms with Gasteiger partial charge < -0.3 is 19.5 Å². The van der Waals surface area contributed by atoms with Crippen LogP contribution in [0.2, 0.25) is 0 Å². The van der Waals surface area contributed by atoms with E-state index in [1.165, 1.54) is 12.5 Å². The van der Waals surface area contributed by atoms with Gasteiger partial charge in [-0.3, -0.25) is 4.79 Å². The number of aromatic nitrogens is 1. The Kier molecular flexibility index (Phi) is 7.66. The fourth-order valence-electron chi connectivity index (χ4n) is 5.06. The van der Waals surface area contributed by atoms with Crippen LogP contribution in [0.4, 0.5) is 15.6 Å². The number of ether oxygens (including phenoxy) is 3. The van der Waals surface area contributed by atoms with Gasteiger partial charge in [0.1, 0.15) is 11.8 Å². The van der Waals surface area contributed by atoms with Crippen LogP contribution >= 0.6 is 11.3 Å². The number of urea groups is 1. The number of quaternary nitrogens is 1. The van der Waals surface area contributed by atoms with E-state index in [0.717, 1.165) is 28.2 Å². The summed E-state index contributed by atoms with van der Waals surface area (Å²) in [7, 11) is 4.55. The summed E-state index contributed by atoms with van der Waals surface area (Å²) in [6.07, 6.45) is 0.906. The predicted octanol–water partition coefficient (Wildman–Crippen LogP) is 3.36. The van der Waals surface area contributed by atoms with Gasteiger partial charge in [-0.25, -0.2) is 19.3 Å². The highest BCUT2D eigenvalue weighted by molar-refractivity contribution is 7.14. The summed E-state index contributed by atoms with van der Waals surface area (Å²) in [6.45, 7) is 1.08. The van der Waals surface area contributed by atoms with Gasteiger partial charge in [0.2, 0.25) is 0 Å². The topological polar surface area (TPSA) is 124 Å². The Hall–Kier alpha value is -4.13. The molecule has 5 rings (SSSR count). The summed E-state index contributed by atoms with van der Waals surface area (Å²) in [5.41, 5.74) is 2.12. The standard InChI is InChI=1S/C28H28N4O7S/c1-32(28-29-20(16-40-28)26(35)38-3)22-8-5-4-7-18(22)15-21(25(32)34)31-24(33)23(30-27(31)36)17-9-11-19(12-10-17)39-14-6-13-37-2/h4-5,7-12,16,21,23H,6,13-15H2,1-3H3/p+1/t21-,23+,32?/m0/s1. The molecule has 40 heavy (non-hydrogen) atoms. The second kappa shape index (κ2) is 11.2. The lowest BCUT2D eigenvalue weighted by Crippen LogP contribution is -2.61. The highest BCUT2D eigenvalue weighted by Crippen LogP contribution is 2.43. The molecule has 1 N–H and O–H groups in total. The van der Waals surface area contributed by atoms with Crippen molar-refractivity contribution >= 4 is 46.0 Å². The molecule has 12 heteroatoms. The first-order valence-corrected chi connectivity index (χ1v) is 13.6. The van der Waals surface area contributed by atoms with E-state index in [0.29, 0.717) is 35.3 Å². The monoisotopic (exact) mass is 565 g/mol. The van der Waals surface area contributed by atoms with Gasteiger partial charge >= 0.3 is 17.9 Å². The summed E-state index contributed by atoms with van der Waals surface area (Å²) in [6, 6.07) is 11.6. The first kappa shape index (κ1) is 27.4. The first-order valence-electron chi connectivity index (χ1n) is 12.7. The van der Waals surface area contributed by atoms with Crippen LogP contribution in [-0.4, -0.2) is 74.2 Å². The van der Waals surface area contributed by atoms with E-state index in [-0.39, 0.29) is 12.1 Å². The minimum atomic E-state index is -1.08. The Bertz CT molecular complexity index is 1460. The molecule has 0 saturated carbocycles. The van der Waals surface area contributed by atoms with Crippen molar-refractivity contribution in [3.8, 4) is 5.75 Å². The summed E-state index contributed by atoms with van der Waals surface area (Å²) in [4.78, 5) is 58.5. The molecule has 3 atom stereocenters. The number of imide groups is 1. The maximum absolute atomic E-state index is 14.2. The number of nitrogens with zero attached hydrogens (tertiary/aromatic N) is 3. The molecule has 11 nitrogen and oxygen atoms in total. The molecule has 4 amide bonds. The highest BCUT2D eigenvalue weighted by atomic mass is 32.1. The average molecular weight is 566 g/mol. The molecular weight excluding hydrogens is 536 g/mol. The van der Waals surface area contributed by atoms with E-state index in [9.17, 15) is 19.2 Å². The van der Waals surface area contributed by atoms with E-state index in [2.05, 4.69) is 10.3 Å². The zero-order valence-electron chi connectivity index (χ0n) is 22.3. The van der Waals surface area contributed by atoms with Crippen molar-refractivity contribution in [2.75, 3.05) is 34.5 Å². The number of likely N-dealkylation sites (N-methyl/N-ethyl adjacent to an activating group) is 1. The van der Waals surface area contributed by atoms with Gasteiger partial charge in [-0.05, 0) is 17.7 Å². The van der Waals surface area contributed by atoms with E-state index in [1.54, 1.807) is 38.4 Å². The Morgan fingerprint density at radius 2 is 1.85 bits per heavy atom. The number of methoxy groups -OCH3 is 2. The maximum Gasteiger partial charge on any atom is 0.357 e. The molecule has 0 radical (unpaired) electrons. The Morgan fingerprint density at radius 1 is 1.10 bits per heavy atom. The quantitative estimate of drug-likeness (QED) is 0.181. The third kappa shape index (κ3) is 4.74. The molecule has 0 spiro atoms. The van der Waals surface area contributed by atoms with Gasteiger partial charge in [0.05, 0.1) is 20.8 Å². The lowest BCUT2D eigenvalue weighted by Gasteiger charge is -2.38. The molecule has 2 aromatic carbocycles. The van der Waals surface area contributed by atoms with Gasteiger partial charge in [0.25, 0.3) is 11.0 Å². The molecule has 1 fully saturated rings. The van der Waals surface area contributed by atoms with Crippen molar-refractivity contribution in [1.29, 1.82) is 0 Å². The lowest BCUT2D eigenvalue weighted by molar-refractivity contribution is -0.139. The molecule has 0 aliphatic carbocycles. The second-order valence-electron chi connectivity index (χ2n) is 9.55. The van der Waals surface area contributed by atoms with E-state index in [1.807, 2.05) is 24.3 Å². The molecule has 0 bridgehead atoms. The van der Waals surface area contributed by atoms with Crippen molar-refractivity contribution in [2.24, 2.45) is 0 Å². The Labute approximate surface area is 234 Å². The summed E-state index contributed by atoms with van der Waals surface area (Å²) in [5.74, 6) is -0.909. The second-order valence-corrected chi connectivity index (χ2v) is 10.4. The van der Waals surface area contributed by atoms with Gasteiger partial charge in [-0.1, -0.05) is 41.7 Å². The molecule has 1 unspecified atom stereocenters. The van der Waals surface area contributed by atoms with Crippen LogP contribution in [0.3, 0.4) is 0 Å². The fourth-order valence-corrected chi connectivity index (χ4v) is 5.98. The minimum Gasteiger partial charge on any atom is -0.494 e. The molecule has 1 aromatic heterocycles. The molecule has 2 aliphatic heterocycles. The van der Waals surface area contributed by atoms with E-state index >= 15 is 0 Å². The van der Waals surface area contributed by atoms with Gasteiger partial charge in [-0.2, -0.15) is 9.47 Å². The van der Waals surface area contributed by atoms with Crippen molar-refractivity contribution in [1.82, 2.24) is 19.7 Å². The van der Waals surface area contributed by atoms with E-state index in [4.69, 9.17) is 14.2 Å². The van der Waals surface area contributed by atoms with Crippen LogP contribution in [0.1, 0.15) is 34.1 Å². The SMILES string of the molecule is COCCCOc1ccc([C@H]2NC(=O)N([C@H]3Cc4ccccc4[N+](C)(c4nc(C(=O)OC)cs4)C3=O)C2=O)cc1. The summed E-state index contributed by atoms with van der Waals surface area (Å²) < 4.78 is 15.1. The summed E-state index contributed by atoms with van der Waals surface area (Å²) in [5, 5.41) is 4.58. The zero-order valence-corrected chi connectivity index (χ0v) is 23.1. The van der Waals surface area contributed by atoms with Crippen molar-refractivity contribution in [3.05, 3.63) is 70.7 Å². The third-order valence-corrected chi connectivity index (χ3v) is 8.15. The number of nitrogens with one attached hydrogen (secondary N) is 1. The molecule has 208 valence electrons. The van der Waals surface area contributed by atoms with Crippen LogP contribution in [0.25, 0.3) is 0 Å². The van der Waals surface area contributed by atoms with Crippen molar-refractivity contribution < 1.29 is 33.4 Å². The molecule has 3 heterocycles. The molecule has 1 saturated heterocycles. The number of benzene rings is 2. The van der Waals surface area contributed by atoms with E-state index < -0.39 is 40.4 Å². The van der Waals surface area contributed by atoms with Crippen LogP contribution < -0.4 is 14.5 Å². The van der Waals surface area contributed by atoms with Crippen LogP contribution in [0.15, 0.2) is 53.9 Å².